The number of nitrogens with zero attached hydrogens (tertiary/aromatic N) is 2. The van der Waals surface area contributed by atoms with Gasteiger partial charge in [-0.15, -0.1) is 0 Å². The number of ether oxygens (including phenoxy) is 1. The summed E-state index contributed by atoms with van der Waals surface area (Å²) < 4.78 is 8.03. The first-order valence-electron chi connectivity index (χ1n) is 8.01. The van der Waals surface area contributed by atoms with Crippen molar-refractivity contribution >= 4 is 11.0 Å². The summed E-state index contributed by atoms with van der Waals surface area (Å²) in [5.74, 6) is 0.853. The molecule has 0 fully saturated rings. The van der Waals surface area contributed by atoms with Crippen LogP contribution in [0.15, 0.2) is 79.1 Å². The Bertz CT molecular complexity index is 973. The molecule has 0 spiro atoms. The molecule has 118 valence electrons. The lowest BCUT2D eigenvalue weighted by Gasteiger charge is -2.09. The topological polar surface area (TPSA) is 27.1 Å². The number of hydrogen-bond donors (Lipinski definition) is 0. The fourth-order valence-electron chi connectivity index (χ4n) is 2.85. The molecule has 0 N–H and O–H groups in total. The van der Waals surface area contributed by atoms with Crippen molar-refractivity contribution in [3.05, 3.63) is 90.3 Å². The van der Waals surface area contributed by atoms with Gasteiger partial charge >= 0.3 is 0 Å². The number of fused-ring (bicyclic) bond motifs is 1. The molecule has 4 rings (SSSR count). The smallest absolute Gasteiger partial charge is 0.121 e. The lowest BCUT2D eigenvalue weighted by atomic mass is 10.2. The molecular formula is C21H18N2O. The Kier molecular flexibility index (Phi) is 3.75. The lowest BCUT2D eigenvalue weighted by Crippen LogP contribution is -1.97. The molecule has 1 heterocycles. The first-order valence-corrected chi connectivity index (χ1v) is 8.01. The van der Waals surface area contributed by atoms with Gasteiger partial charge in [-0.25, -0.2) is 4.98 Å². The number of hydrogen-bond acceptors (Lipinski definition) is 2. The van der Waals surface area contributed by atoms with Gasteiger partial charge in [0.05, 0.1) is 16.7 Å². The zero-order valence-electron chi connectivity index (χ0n) is 13.5. The minimum atomic E-state index is 0.564. The standard InChI is InChI=1S/C21H18N2O/c1-16-7-5-12-20-21(16)22-15-23(20)18-10-6-11-19(13-18)24-14-17-8-3-2-4-9-17/h2-13,15H,14H2,1H3. The number of aromatic nitrogens is 2. The molecule has 0 aliphatic carbocycles. The van der Waals surface area contributed by atoms with Crippen LogP contribution in [0.2, 0.25) is 0 Å². The van der Waals surface area contributed by atoms with Crippen molar-refractivity contribution in [2.24, 2.45) is 0 Å². The summed E-state index contributed by atoms with van der Waals surface area (Å²) in [4.78, 5) is 4.54. The molecule has 0 saturated carbocycles. The van der Waals surface area contributed by atoms with Crippen molar-refractivity contribution in [1.29, 1.82) is 0 Å². The maximum absolute atomic E-state index is 5.93. The van der Waals surface area contributed by atoms with E-state index in [0.717, 1.165) is 28.0 Å². The lowest BCUT2D eigenvalue weighted by molar-refractivity contribution is 0.306. The second kappa shape index (κ2) is 6.20. The normalized spacial score (nSPS) is 10.9. The van der Waals surface area contributed by atoms with Gasteiger partial charge in [0.25, 0.3) is 0 Å². The summed E-state index contributed by atoms with van der Waals surface area (Å²) in [5, 5.41) is 0. The van der Waals surface area contributed by atoms with Crippen LogP contribution in [-0.2, 0) is 6.61 Å². The predicted octanol–water partition coefficient (Wildman–Crippen LogP) is 4.91. The van der Waals surface area contributed by atoms with Crippen LogP contribution < -0.4 is 4.74 Å². The van der Waals surface area contributed by atoms with Crippen molar-refractivity contribution in [2.45, 2.75) is 13.5 Å². The van der Waals surface area contributed by atoms with Crippen LogP contribution in [0.25, 0.3) is 16.7 Å². The van der Waals surface area contributed by atoms with Crippen LogP contribution in [0.5, 0.6) is 5.75 Å². The van der Waals surface area contributed by atoms with Gasteiger partial charge in [0.2, 0.25) is 0 Å². The first kappa shape index (κ1) is 14.5. The largest absolute Gasteiger partial charge is 0.489 e. The Morgan fingerprint density at radius 1 is 0.917 bits per heavy atom. The molecule has 0 saturated heterocycles. The van der Waals surface area contributed by atoms with Crippen molar-refractivity contribution in [3.8, 4) is 11.4 Å². The highest BCUT2D eigenvalue weighted by molar-refractivity contribution is 5.80. The quantitative estimate of drug-likeness (QED) is 0.535. The van der Waals surface area contributed by atoms with E-state index in [-0.39, 0.29) is 0 Å². The molecule has 3 nitrogen and oxygen atoms in total. The fourth-order valence-corrected chi connectivity index (χ4v) is 2.85. The molecule has 0 unspecified atom stereocenters. The number of benzene rings is 3. The molecule has 0 atom stereocenters. The van der Waals surface area contributed by atoms with Crippen LogP contribution in [0.4, 0.5) is 0 Å². The van der Waals surface area contributed by atoms with E-state index in [2.05, 4.69) is 52.9 Å². The molecule has 0 bridgehead atoms. The molecule has 4 aromatic rings. The minimum Gasteiger partial charge on any atom is -0.489 e. The molecule has 3 aromatic carbocycles. The summed E-state index contributed by atoms with van der Waals surface area (Å²) in [6.07, 6.45) is 1.87. The van der Waals surface area contributed by atoms with Crippen LogP contribution in [-0.4, -0.2) is 9.55 Å². The van der Waals surface area contributed by atoms with E-state index in [1.165, 1.54) is 5.56 Å². The molecule has 3 heteroatoms. The molecule has 0 aliphatic heterocycles. The Balaban J connectivity index is 1.63. The Labute approximate surface area is 141 Å². The summed E-state index contributed by atoms with van der Waals surface area (Å²) in [6, 6.07) is 24.5. The van der Waals surface area contributed by atoms with Crippen molar-refractivity contribution < 1.29 is 4.74 Å². The van der Waals surface area contributed by atoms with Gasteiger partial charge in [-0.05, 0) is 36.2 Å². The third-order valence-electron chi connectivity index (χ3n) is 4.12. The van der Waals surface area contributed by atoms with E-state index in [9.17, 15) is 0 Å². The second-order valence-electron chi connectivity index (χ2n) is 5.83. The third-order valence-corrected chi connectivity index (χ3v) is 4.12. The molecule has 0 aliphatic rings. The van der Waals surface area contributed by atoms with Gasteiger partial charge in [0, 0.05) is 6.07 Å². The van der Waals surface area contributed by atoms with Gasteiger partial charge in [-0.2, -0.15) is 0 Å². The molecule has 1 aromatic heterocycles. The average Bonchev–Trinajstić information content (AvgIpc) is 3.07. The number of imidazole rings is 1. The highest BCUT2D eigenvalue weighted by Crippen LogP contribution is 2.23. The Morgan fingerprint density at radius 2 is 1.75 bits per heavy atom. The first-order chi connectivity index (χ1) is 11.8. The molecular weight excluding hydrogens is 296 g/mol. The van der Waals surface area contributed by atoms with Crippen molar-refractivity contribution in [2.75, 3.05) is 0 Å². The van der Waals surface area contributed by atoms with E-state index in [0.29, 0.717) is 6.61 Å². The van der Waals surface area contributed by atoms with Crippen LogP contribution in [0.1, 0.15) is 11.1 Å². The van der Waals surface area contributed by atoms with Gasteiger partial charge in [0.1, 0.15) is 18.7 Å². The SMILES string of the molecule is Cc1cccc2c1ncn2-c1cccc(OCc2ccccc2)c1. The van der Waals surface area contributed by atoms with Gasteiger partial charge in [0.15, 0.2) is 0 Å². The Morgan fingerprint density at radius 3 is 2.62 bits per heavy atom. The predicted molar refractivity (Wildman–Crippen MR) is 96.6 cm³/mol. The number of para-hydroxylation sites is 1. The highest BCUT2D eigenvalue weighted by Gasteiger charge is 2.07. The van der Waals surface area contributed by atoms with E-state index < -0.39 is 0 Å². The van der Waals surface area contributed by atoms with Gasteiger partial charge < -0.3 is 4.74 Å². The van der Waals surface area contributed by atoms with Crippen LogP contribution in [0.3, 0.4) is 0 Å². The maximum Gasteiger partial charge on any atom is 0.121 e. The second-order valence-corrected chi connectivity index (χ2v) is 5.83. The summed E-state index contributed by atoms with van der Waals surface area (Å²) in [7, 11) is 0. The van der Waals surface area contributed by atoms with Crippen LogP contribution in [0, 0.1) is 6.92 Å². The summed E-state index contributed by atoms with van der Waals surface area (Å²) >= 11 is 0. The Hall–Kier alpha value is -3.07. The van der Waals surface area contributed by atoms with E-state index in [4.69, 9.17) is 4.74 Å². The van der Waals surface area contributed by atoms with E-state index >= 15 is 0 Å². The monoisotopic (exact) mass is 314 g/mol. The van der Waals surface area contributed by atoms with E-state index in [1.54, 1.807) is 0 Å². The summed E-state index contributed by atoms with van der Waals surface area (Å²) in [6.45, 7) is 2.65. The van der Waals surface area contributed by atoms with Crippen molar-refractivity contribution in [3.63, 3.8) is 0 Å². The van der Waals surface area contributed by atoms with Crippen molar-refractivity contribution in [1.82, 2.24) is 9.55 Å². The fraction of sp³-hybridized carbons (Fsp3) is 0.0952. The highest BCUT2D eigenvalue weighted by atomic mass is 16.5. The third kappa shape index (κ3) is 2.76. The zero-order valence-corrected chi connectivity index (χ0v) is 13.5. The summed E-state index contributed by atoms with van der Waals surface area (Å²) in [5.41, 5.74) is 5.53. The maximum atomic E-state index is 5.93. The minimum absolute atomic E-state index is 0.564. The average molecular weight is 314 g/mol. The molecule has 0 amide bonds. The number of rotatable bonds is 4. The van der Waals surface area contributed by atoms with Gasteiger partial charge in [-0.3, -0.25) is 4.57 Å². The van der Waals surface area contributed by atoms with E-state index in [1.807, 2.05) is 42.7 Å². The number of aryl methyl sites for hydroxylation is 1. The zero-order chi connectivity index (χ0) is 16.4. The molecule has 0 radical (unpaired) electrons. The van der Waals surface area contributed by atoms with Gasteiger partial charge in [-0.1, -0.05) is 48.5 Å². The molecule has 24 heavy (non-hydrogen) atoms. The van der Waals surface area contributed by atoms with Crippen LogP contribution >= 0.6 is 0 Å².